The summed E-state index contributed by atoms with van der Waals surface area (Å²) < 4.78 is 5.97. The number of amides is 1. The van der Waals surface area contributed by atoms with Gasteiger partial charge in [0.05, 0.1) is 18.2 Å². The lowest BCUT2D eigenvalue weighted by atomic mass is 9.92. The van der Waals surface area contributed by atoms with Crippen molar-refractivity contribution in [2.24, 2.45) is 5.92 Å². The second kappa shape index (κ2) is 9.40. The Balaban J connectivity index is 1.73. The first-order chi connectivity index (χ1) is 15.4. The normalized spacial score (nSPS) is 16.2. The number of aliphatic hydroxyl groups is 1. The number of hydrogen-bond donors (Lipinski definition) is 1. The summed E-state index contributed by atoms with van der Waals surface area (Å²) in [6.07, 6.45) is 0.260. The van der Waals surface area contributed by atoms with Gasteiger partial charge in [0, 0.05) is 11.3 Å². The molecule has 0 fully saturated rings. The molecule has 0 aliphatic carbocycles. The van der Waals surface area contributed by atoms with Crippen molar-refractivity contribution in [2.75, 3.05) is 0 Å². The van der Waals surface area contributed by atoms with Gasteiger partial charge in [0.15, 0.2) is 11.5 Å². The molecular formula is C26H25NO4S. The van der Waals surface area contributed by atoms with E-state index >= 15 is 0 Å². The van der Waals surface area contributed by atoms with Crippen LogP contribution in [0.2, 0.25) is 0 Å². The van der Waals surface area contributed by atoms with Crippen LogP contribution in [0.1, 0.15) is 36.8 Å². The zero-order valence-electron chi connectivity index (χ0n) is 18.0. The Bertz CT molecular complexity index is 1140. The summed E-state index contributed by atoms with van der Waals surface area (Å²) in [6.45, 7) is 4.20. The third-order valence-electron chi connectivity index (χ3n) is 5.26. The predicted octanol–water partition coefficient (Wildman–Crippen LogP) is 6.05. The van der Waals surface area contributed by atoms with Crippen LogP contribution in [0.25, 0.3) is 0 Å². The van der Waals surface area contributed by atoms with E-state index < -0.39 is 17.7 Å². The molecule has 1 aliphatic rings. The van der Waals surface area contributed by atoms with Gasteiger partial charge in [0.1, 0.15) is 11.5 Å². The second-order valence-corrected chi connectivity index (χ2v) is 9.22. The number of rotatable bonds is 8. The fourth-order valence-corrected chi connectivity index (χ4v) is 4.57. The number of carbonyl (C=O) groups excluding carboxylic acids is 2. The highest BCUT2D eigenvalue weighted by Crippen LogP contribution is 2.41. The molecular weight excluding hydrogens is 422 g/mol. The van der Waals surface area contributed by atoms with E-state index in [1.54, 1.807) is 4.90 Å². The van der Waals surface area contributed by atoms with Crippen molar-refractivity contribution in [3.8, 4) is 11.5 Å². The molecule has 5 nitrogen and oxygen atoms in total. The number of thiophene rings is 1. The monoisotopic (exact) mass is 447 g/mol. The van der Waals surface area contributed by atoms with Gasteiger partial charge in [-0.1, -0.05) is 50.2 Å². The molecule has 0 bridgehead atoms. The third-order valence-corrected chi connectivity index (χ3v) is 6.12. The molecule has 6 heteroatoms. The van der Waals surface area contributed by atoms with E-state index in [-0.39, 0.29) is 23.7 Å². The highest BCUT2D eigenvalue weighted by molar-refractivity contribution is 7.09. The standard InChI is InChI=1S/C26H25NO4S/c1-17(2)14-22(28)23-24(27(26(30)25(23)29)16-21-12-7-13-32-21)18-8-6-11-20(15-18)31-19-9-4-3-5-10-19/h3-13,15,17,24,29H,14,16H2,1-2H3. The van der Waals surface area contributed by atoms with Crippen LogP contribution in [-0.4, -0.2) is 21.7 Å². The SMILES string of the molecule is CC(C)CC(=O)C1=C(O)C(=O)N(Cc2cccs2)C1c1cccc(Oc2ccccc2)c1. The van der Waals surface area contributed by atoms with Crippen LogP contribution >= 0.6 is 11.3 Å². The number of ether oxygens (including phenoxy) is 1. The number of aliphatic hydroxyl groups excluding tert-OH is 1. The lowest BCUT2D eigenvalue weighted by Gasteiger charge is -2.27. The minimum Gasteiger partial charge on any atom is -0.503 e. The Kier molecular flexibility index (Phi) is 6.42. The fourth-order valence-electron chi connectivity index (χ4n) is 3.87. The molecule has 1 aromatic heterocycles. The first-order valence-corrected chi connectivity index (χ1v) is 11.4. The maximum absolute atomic E-state index is 13.1. The molecule has 1 aliphatic heterocycles. The van der Waals surface area contributed by atoms with E-state index in [0.717, 1.165) is 10.4 Å². The quantitative estimate of drug-likeness (QED) is 0.456. The van der Waals surface area contributed by atoms with Crippen LogP contribution in [0, 0.1) is 5.92 Å². The first kappa shape index (κ1) is 21.8. The number of Topliss-reactive ketones (excluding diaryl/α,β-unsaturated/α-hetero) is 1. The van der Waals surface area contributed by atoms with E-state index in [4.69, 9.17) is 4.74 Å². The van der Waals surface area contributed by atoms with Gasteiger partial charge in [0.25, 0.3) is 5.91 Å². The van der Waals surface area contributed by atoms with Gasteiger partial charge < -0.3 is 14.7 Å². The Hall–Kier alpha value is -3.38. The molecule has 164 valence electrons. The Morgan fingerprint density at radius 1 is 1.06 bits per heavy atom. The second-order valence-electron chi connectivity index (χ2n) is 8.19. The van der Waals surface area contributed by atoms with Crippen molar-refractivity contribution in [3.63, 3.8) is 0 Å². The van der Waals surface area contributed by atoms with E-state index in [1.165, 1.54) is 11.3 Å². The maximum atomic E-state index is 13.1. The number of benzene rings is 2. The minimum absolute atomic E-state index is 0.109. The Morgan fingerprint density at radius 3 is 2.50 bits per heavy atom. The largest absolute Gasteiger partial charge is 0.503 e. The van der Waals surface area contributed by atoms with Crippen LogP contribution in [0.5, 0.6) is 11.5 Å². The molecule has 1 amide bonds. The Morgan fingerprint density at radius 2 is 1.81 bits per heavy atom. The molecule has 2 heterocycles. The number of para-hydroxylation sites is 1. The first-order valence-electron chi connectivity index (χ1n) is 10.6. The van der Waals surface area contributed by atoms with Crippen molar-refractivity contribution in [1.29, 1.82) is 0 Å². The van der Waals surface area contributed by atoms with Crippen molar-refractivity contribution in [3.05, 3.63) is 93.9 Å². The predicted molar refractivity (Wildman–Crippen MR) is 125 cm³/mol. The Labute approximate surface area is 191 Å². The smallest absolute Gasteiger partial charge is 0.290 e. The summed E-state index contributed by atoms with van der Waals surface area (Å²) in [4.78, 5) is 28.7. The van der Waals surface area contributed by atoms with Gasteiger partial charge in [-0.3, -0.25) is 9.59 Å². The van der Waals surface area contributed by atoms with Gasteiger partial charge in [-0.25, -0.2) is 0 Å². The minimum atomic E-state index is -0.671. The van der Waals surface area contributed by atoms with Crippen LogP contribution in [0.3, 0.4) is 0 Å². The van der Waals surface area contributed by atoms with Crippen molar-refractivity contribution < 1.29 is 19.4 Å². The molecule has 0 saturated carbocycles. The van der Waals surface area contributed by atoms with Gasteiger partial charge in [0.2, 0.25) is 0 Å². The summed E-state index contributed by atoms with van der Waals surface area (Å²) in [5.74, 6) is 0.212. The summed E-state index contributed by atoms with van der Waals surface area (Å²) in [5.41, 5.74) is 0.886. The van der Waals surface area contributed by atoms with Gasteiger partial charge in [-0.05, 0) is 47.2 Å². The lowest BCUT2D eigenvalue weighted by Crippen LogP contribution is -2.30. The highest BCUT2D eigenvalue weighted by Gasteiger charge is 2.43. The van der Waals surface area contributed by atoms with E-state index in [1.807, 2.05) is 86.0 Å². The van der Waals surface area contributed by atoms with E-state index in [9.17, 15) is 14.7 Å². The van der Waals surface area contributed by atoms with Crippen molar-refractivity contribution in [1.82, 2.24) is 4.90 Å². The fraction of sp³-hybridized carbons (Fsp3) is 0.231. The molecule has 0 radical (unpaired) electrons. The number of ketones is 1. The van der Waals surface area contributed by atoms with Crippen LogP contribution < -0.4 is 4.74 Å². The zero-order valence-corrected chi connectivity index (χ0v) is 18.8. The highest BCUT2D eigenvalue weighted by atomic mass is 32.1. The van der Waals surface area contributed by atoms with Crippen molar-refractivity contribution >= 4 is 23.0 Å². The van der Waals surface area contributed by atoms with Crippen LogP contribution in [-0.2, 0) is 16.1 Å². The molecule has 0 saturated heterocycles. The summed E-state index contributed by atoms with van der Waals surface area (Å²) in [5, 5.41) is 12.7. The molecule has 0 spiro atoms. The summed E-state index contributed by atoms with van der Waals surface area (Å²) in [7, 11) is 0. The van der Waals surface area contributed by atoms with E-state index in [2.05, 4.69) is 0 Å². The third kappa shape index (κ3) is 4.60. The molecule has 1 atom stereocenters. The topological polar surface area (TPSA) is 66.8 Å². The molecule has 32 heavy (non-hydrogen) atoms. The summed E-state index contributed by atoms with van der Waals surface area (Å²) in [6, 6.07) is 19.9. The van der Waals surface area contributed by atoms with Crippen LogP contribution in [0.15, 0.2) is 83.4 Å². The van der Waals surface area contributed by atoms with Gasteiger partial charge >= 0.3 is 0 Å². The maximum Gasteiger partial charge on any atom is 0.290 e. The van der Waals surface area contributed by atoms with Gasteiger partial charge in [-0.15, -0.1) is 11.3 Å². The molecule has 3 aromatic rings. The number of carbonyl (C=O) groups is 2. The van der Waals surface area contributed by atoms with Gasteiger partial charge in [-0.2, -0.15) is 0 Å². The summed E-state index contributed by atoms with van der Waals surface area (Å²) >= 11 is 1.53. The average Bonchev–Trinajstić information content (AvgIpc) is 3.36. The molecule has 4 rings (SSSR count). The number of nitrogens with zero attached hydrogens (tertiary/aromatic N) is 1. The average molecular weight is 448 g/mol. The number of hydrogen-bond acceptors (Lipinski definition) is 5. The molecule has 1 N–H and O–H groups in total. The zero-order chi connectivity index (χ0) is 22.7. The van der Waals surface area contributed by atoms with Crippen molar-refractivity contribution in [2.45, 2.75) is 32.9 Å². The molecule has 2 aromatic carbocycles. The molecule has 1 unspecified atom stereocenters. The van der Waals surface area contributed by atoms with E-state index in [0.29, 0.717) is 18.0 Å². The van der Waals surface area contributed by atoms with Crippen LogP contribution in [0.4, 0.5) is 0 Å². The lowest BCUT2D eigenvalue weighted by molar-refractivity contribution is -0.130.